The van der Waals surface area contributed by atoms with Crippen molar-refractivity contribution in [1.29, 1.82) is 0 Å². The van der Waals surface area contributed by atoms with Crippen molar-refractivity contribution < 1.29 is 4.74 Å². The fourth-order valence-electron chi connectivity index (χ4n) is 3.72. The predicted octanol–water partition coefficient (Wildman–Crippen LogP) is 2.17. The fraction of sp³-hybridized carbons (Fsp3) is 0.812. The number of rotatable bonds is 3. The zero-order valence-corrected chi connectivity index (χ0v) is 12.7. The van der Waals surface area contributed by atoms with Gasteiger partial charge in [-0.15, -0.1) is 0 Å². The molecule has 20 heavy (non-hydrogen) atoms. The maximum atomic E-state index is 5.60. The Balaban J connectivity index is 1.47. The maximum Gasteiger partial charge on any atom is 0.193 e. The Hall–Kier alpha value is -1.03. The van der Waals surface area contributed by atoms with Gasteiger partial charge in [-0.2, -0.15) is 0 Å². The van der Waals surface area contributed by atoms with Crippen LogP contribution < -0.4 is 5.32 Å². The van der Waals surface area contributed by atoms with E-state index in [2.05, 4.69) is 21.3 Å². The molecule has 0 saturated carbocycles. The zero-order valence-electron chi connectivity index (χ0n) is 12.7. The van der Waals surface area contributed by atoms with E-state index >= 15 is 0 Å². The second-order valence-electron chi connectivity index (χ2n) is 6.45. The van der Waals surface area contributed by atoms with Crippen molar-refractivity contribution in [1.82, 2.24) is 10.2 Å². The number of nitrogens with zero attached hydrogens (tertiary/aromatic N) is 2. The van der Waals surface area contributed by atoms with Crippen LogP contribution in [0.5, 0.6) is 0 Å². The lowest BCUT2D eigenvalue weighted by Gasteiger charge is -2.25. The third-order valence-corrected chi connectivity index (χ3v) is 5.00. The molecule has 3 rings (SSSR count). The lowest BCUT2D eigenvalue weighted by molar-refractivity contribution is 0.156. The van der Waals surface area contributed by atoms with Crippen LogP contribution in [0.25, 0.3) is 0 Å². The lowest BCUT2D eigenvalue weighted by atomic mass is 9.87. The third-order valence-electron chi connectivity index (χ3n) is 5.00. The summed E-state index contributed by atoms with van der Waals surface area (Å²) in [5.74, 6) is 1.08. The van der Waals surface area contributed by atoms with Crippen LogP contribution in [-0.2, 0) is 4.74 Å². The second kappa shape index (κ2) is 6.17. The van der Waals surface area contributed by atoms with Crippen molar-refractivity contribution in [3.8, 4) is 0 Å². The van der Waals surface area contributed by atoms with Gasteiger partial charge in [0.2, 0.25) is 0 Å². The standard InChI is InChI=1S/C16H27N3O/c1-17-15(18-9-6-14-4-2-3-5-14)19-10-7-16(12-19)8-11-20-13-16/h4H,2-3,5-13H2,1H3,(H,17,18). The first-order valence-corrected chi connectivity index (χ1v) is 8.03. The van der Waals surface area contributed by atoms with Crippen molar-refractivity contribution in [3.63, 3.8) is 0 Å². The highest BCUT2D eigenvalue weighted by atomic mass is 16.5. The molecular weight excluding hydrogens is 250 g/mol. The molecule has 0 amide bonds. The van der Waals surface area contributed by atoms with E-state index in [0.29, 0.717) is 5.41 Å². The normalized spacial score (nSPS) is 30.4. The van der Waals surface area contributed by atoms with Crippen molar-refractivity contribution in [2.24, 2.45) is 10.4 Å². The minimum Gasteiger partial charge on any atom is -0.381 e. The molecule has 1 atom stereocenters. The molecule has 3 aliphatic rings. The first kappa shape index (κ1) is 13.9. The van der Waals surface area contributed by atoms with Gasteiger partial charge in [-0.05, 0) is 38.5 Å². The molecule has 2 fully saturated rings. The zero-order chi connectivity index (χ0) is 13.8. The van der Waals surface area contributed by atoms with Crippen LogP contribution in [0.3, 0.4) is 0 Å². The molecule has 1 aliphatic carbocycles. The summed E-state index contributed by atoms with van der Waals surface area (Å²) in [5.41, 5.74) is 2.03. The molecule has 1 unspecified atom stereocenters. The van der Waals surface area contributed by atoms with E-state index in [-0.39, 0.29) is 0 Å². The molecule has 0 aromatic carbocycles. The average Bonchev–Trinajstić information content (AvgIpc) is 3.19. The highest BCUT2D eigenvalue weighted by Crippen LogP contribution is 2.38. The maximum absolute atomic E-state index is 5.60. The monoisotopic (exact) mass is 277 g/mol. The van der Waals surface area contributed by atoms with Crippen molar-refractivity contribution in [3.05, 3.63) is 11.6 Å². The Labute approximate surface area is 122 Å². The van der Waals surface area contributed by atoms with E-state index in [4.69, 9.17) is 4.74 Å². The number of likely N-dealkylation sites (tertiary alicyclic amines) is 1. The Morgan fingerprint density at radius 2 is 2.45 bits per heavy atom. The first-order valence-electron chi connectivity index (χ1n) is 8.03. The summed E-state index contributed by atoms with van der Waals surface area (Å²) >= 11 is 0. The van der Waals surface area contributed by atoms with Crippen LogP contribution in [0, 0.1) is 5.41 Å². The number of hydrogen-bond acceptors (Lipinski definition) is 2. The number of ether oxygens (including phenoxy) is 1. The van der Waals surface area contributed by atoms with Gasteiger partial charge in [-0.1, -0.05) is 11.6 Å². The molecule has 112 valence electrons. The van der Waals surface area contributed by atoms with Crippen LogP contribution in [0.4, 0.5) is 0 Å². The Bertz CT molecular complexity index is 397. The summed E-state index contributed by atoms with van der Waals surface area (Å²) in [6, 6.07) is 0. The van der Waals surface area contributed by atoms with Crippen LogP contribution in [-0.4, -0.2) is 50.8 Å². The molecule has 4 nitrogen and oxygen atoms in total. The number of hydrogen-bond donors (Lipinski definition) is 1. The van der Waals surface area contributed by atoms with Gasteiger partial charge in [0.15, 0.2) is 5.96 Å². The molecule has 2 heterocycles. The summed E-state index contributed by atoms with van der Waals surface area (Å²) in [4.78, 5) is 6.87. The molecule has 2 saturated heterocycles. The van der Waals surface area contributed by atoms with E-state index in [1.165, 1.54) is 38.5 Å². The number of aliphatic imine (C=N–C) groups is 1. The van der Waals surface area contributed by atoms with E-state index in [1.807, 2.05) is 7.05 Å². The molecular formula is C16H27N3O. The Morgan fingerprint density at radius 1 is 1.50 bits per heavy atom. The topological polar surface area (TPSA) is 36.9 Å². The van der Waals surface area contributed by atoms with Crippen LogP contribution >= 0.6 is 0 Å². The smallest absolute Gasteiger partial charge is 0.193 e. The predicted molar refractivity (Wildman–Crippen MR) is 82.0 cm³/mol. The largest absolute Gasteiger partial charge is 0.381 e. The summed E-state index contributed by atoms with van der Waals surface area (Å²) in [7, 11) is 1.90. The average molecular weight is 277 g/mol. The number of allylic oxidation sites excluding steroid dienone is 1. The Morgan fingerprint density at radius 3 is 3.15 bits per heavy atom. The summed E-state index contributed by atoms with van der Waals surface area (Å²) in [6.45, 7) is 5.11. The SMILES string of the molecule is CN=C(NCCC1=CCCC1)N1CCC2(CCOC2)C1. The third kappa shape index (κ3) is 3.00. The van der Waals surface area contributed by atoms with E-state index in [1.54, 1.807) is 5.57 Å². The van der Waals surface area contributed by atoms with Gasteiger partial charge in [0, 0.05) is 38.7 Å². The fourth-order valence-corrected chi connectivity index (χ4v) is 3.72. The number of guanidine groups is 1. The molecule has 0 aromatic rings. The van der Waals surface area contributed by atoms with E-state index in [0.717, 1.165) is 38.8 Å². The summed E-state index contributed by atoms with van der Waals surface area (Å²) in [6.07, 6.45) is 9.96. The van der Waals surface area contributed by atoms with Crippen molar-refractivity contribution in [2.45, 2.75) is 38.5 Å². The highest BCUT2D eigenvalue weighted by Gasteiger charge is 2.42. The Kier molecular flexibility index (Phi) is 4.29. The van der Waals surface area contributed by atoms with Crippen molar-refractivity contribution >= 4 is 5.96 Å². The molecule has 0 aromatic heterocycles. The van der Waals surface area contributed by atoms with Gasteiger partial charge < -0.3 is 15.0 Å². The van der Waals surface area contributed by atoms with Gasteiger partial charge in [0.25, 0.3) is 0 Å². The second-order valence-corrected chi connectivity index (χ2v) is 6.45. The molecule has 0 radical (unpaired) electrons. The van der Waals surface area contributed by atoms with Gasteiger partial charge >= 0.3 is 0 Å². The highest BCUT2D eigenvalue weighted by molar-refractivity contribution is 5.80. The van der Waals surface area contributed by atoms with Gasteiger partial charge in [-0.3, -0.25) is 4.99 Å². The molecule has 2 aliphatic heterocycles. The summed E-state index contributed by atoms with van der Waals surface area (Å²) in [5, 5.41) is 3.54. The number of nitrogens with one attached hydrogen (secondary N) is 1. The van der Waals surface area contributed by atoms with Crippen LogP contribution in [0.15, 0.2) is 16.6 Å². The molecule has 4 heteroatoms. The van der Waals surface area contributed by atoms with Gasteiger partial charge in [-0.25, -0.2) is 0 Å². The van der Waals surface area contributed by atoms with E-state index < -0.39 is 0 Å². The molecule has 1 N–H and O–H groups in total. The quantitative estimate of drug-likeness (QED) is 0.488. The summed E-state index contributed by atoms with van der Waals surface area (Å²) < 4.78 is 5.60. The van der Waals surface area contributed by atoms with Gasteiger partial charge in [0.1, 0.15) is 0 Å². The molecule has 0 bridgehead atoms. The van der Waals surface area contributed by atoms with Crippen LogP contribution in [0.1, 0.15) is 38.5 Å². The van der Waals surface area contributed by atoms with E-state index in [9.17, 15) is 0 Å². The first-order chi connectivity index (χ1) is 9.81. The lowest BCUT2D eigenvalue weighted by Crippen LogP contribution is -2.41. The van der Waals surface area contributed by atoms with Crippen LogP contribution in [0.2, 0.25) is 0 Å². The minimum absolute atomic E-state index is 0.408. The van der Waals surface area contributed by atoms with Gasteiger partial charge in [0.05, 0.1) is 6.61 Å². The molecule has 1 spiro atoms. The van der Waals surface area contributed by atoms with Crippen molar-refractivity contribution in [2.75, 3.05) is 39.9 Å². The minimum atomic E-state index is 0.408.